The summed E-state index contributed by atoms with van der Waals surface area (Å²) in [4.78, 5) is 0. The Morgan fingerprint density at radius 2 is 2.00 bits per heavy atom. The highest BCUT2D eigenvalue weighted by molar-refractivity contribution is 5.35. The standard InChI is InChI=1S/C15H25NO2/c1-5-8-16-14(10-17-4)11-18-15-7-6-12(2)9-13(15)3/h6-7,9,14,16H,5,8,10-11H2,1-4H3. The second-order valence-electron chi connectivity index (χ2n) is 4.69. The molecule has 1 N–H and O–H groups in total. The van der Waals surface area contributed by atoms with Crippen molar-refractivity contribution in [2.75, 3.05) is 26.9 Å². The molecule has 0 radical (unpaired) electrons. The predicted molar refractivity (Wildman–Crippen MR) is 75.4 cm³/mol. The maximum Gasteiger partial charge on any atom is 0.122 e. The summed E-state index contributed by atoms with van der Waals surface area (Å²) in [6.45, 7) is 8.62. The summed E-state index contributed by atoms with van der Waals surface area (Å²) in [5.74, 6) is 0.958. The lowest BCUT2D eigenvalue weighted by Crippen LogP contribution is -2.38. The fourth-order valence-electron chi connectivity index (χ4n) is 1.87. The van der Waals surface area contributed by atoms with Gasteiger partial charge in [0.2, 0.25) is 0 Å². The average molecular weight is 251 g/mol. The number of rotatable bonds is 8. The van der Waals surface area contributed by atoms with E-state index < -0.39 is 0 Å². The van der Waals surface area contributed by atoms with Crippen LogP contribution in [0.25, 0.3) is 0 Å². The van der Waals surface area contributed by atoms with E-state index in [1.165, 1.54) is 11.1 Å². The second kappa shape index (κ2) is 8.11. The lowest BCUT2D eigenvalue weighted by atomic mass is 10.1. The molecule has 1 aromatic carbocycles. The molecule has 0 amide bonds. The van der Waals surface area contributed by atoms with Crippen LogP contribution in [0.4, 0.5) is 0 Å². The van der Waals surface area contributed by atoms with Crippen LogP contribution in [-0.4, -0.2) is 32.9 Å². The zero-order chi connectivity index (χ0) is 13.4. The monoisotopic (exact) mass is 251 g/mol. The first-order valence-corrected chi connectivity index (χ1v) is 6.59. The molecule has 18 heavy (non-hydrogen) atoms. The van der Waals surface area contributed by atoms with E-state index in [1.807, 2.05) is 6.07 Å². The Labute approximate surface area is 110 Å². The Balaban J connectivity index is 2.49. The van der Waals surface area contributed by atoms with E-state index >= 15 is 0 Å². The van der Waals surface area contributed by atoms with Crippen LogP contribution in [0, 0.1) is 13.8 Å². The molecular formula is C15H25NO2. The van der Waals surface area contributed by atoms with Crippen molar-refractivity contribution in [1.82, 2.24) is 5.32 Å². The summed E-state index contributed by atoms with van der Waals surface area (Å²) in [6, 6.07) is 6.50. The van der Waals surface area contributed by atoms with Crippen molar-refractivity contribution in [2.24, 2.45) is 0 Å². The molecule has 0 heterocycles. The van der Waals surface area contributed by atoms with Gasteiger partial charge in [-0.25, -0.2) is 0 Å². The summed E-state index contributed by atoms with van der Waals surface area (Å²) in [5, 5.41) is 3.42. The summed E-state index contributed by atoms with van der Waals surface area (Å²) in [5.41, 5.74) is 2.44. The first kappa shape index (κ1) is 15.0. The van der Waals surface area contributed by atoms with Crippen LogP contribution in [0.1, 0.15) is 24.5 Å². The van der Waals surface area contributed by atoms with E-state index in [0.717, 1.165) is 18.7 Å². The van der Waals surface area contributed by atoms with Crippen LogP contribution >= 0.6 is 0 Å². The van der Waals surface area contributed by atoms with Crippen molar-refractivity contribution >= 4 is 0 Å². The van der Waals surface area contributed by atoms with Gasteiger partial charge in [0.1, 0.15) is 12.4 Å². The van der Waals surface area contributed by atoms with Gasteiger partial charge in [0, 0.05) is 7.11 Å². The van der Waals surface area contributed by atoms with Gasteiger partial charge in [-0.1, -0.05) is 24.6 Å². The van der Waals surface area contributed by atoms with Gasteiger partial charge in [0.15, 0.2) is 0 Å². The quantitative estimate of drug-likeness (QED) is 0.770. The van der Waals surface area contributed by atoms with Crippen LogP contribution < -0.4 is 10.1 Å². The average Bonchev–Trinajstić information content (AvgIpc) is 2.34. The summed E-state index contributed by atoms with van der Waals surface area (Å²) >= 11 is 0. The Morgan fingerprint density at radius 3 is 2.61 bits per heavy atom. The molecule has 1 atom stereocenters. The van der Waals surface area contributed by atoms with Gasteiger partial charge in [-0.2, -0.15) is 0 Å². The van der Waals surface area contributed by atoms with E-state index in [0.29, 0.717) is 13.2 Å². The Morgan fingerprint density at radius 1 is 1.22 bits per heavy atom. The van der Waals surface area contributed by atoms with Gasteiger partial charge in [-0.15, -0.1) is 0 Å². The second-order valence-corrected chi connectivity index (χ2v) is 4.69. The normalized spacial score (nSPS) is 12.4. The van der Waals surface area contributed by atoms with Crippen LogP contribution in [-0.2, 0) is 4.74 Å². The van der Waals surface area contributed by atoms with Crippen molar-refractivity contribution in [2.45, 2.75) is 33.2 Å². The van der Waals surface area contributed by atoms with Crippen LogP contribution in [0.2, 0.25) is 0 Å². The fraction of sp³-hybridized carbons (Fsp3) is 0.600. The SMILES string of the molecule is CCCNC(COC)COc1ccc(C)cc1C. The highest BCUT2D eigenvalue weighted by Gasteiger charge is 2.09. The van der Waals surface area contributed by atoms with E-state index in [9.17, 15) is 0 Å². The van der Waals surface area contributed by atoms with E-state index in [2.05, 4.69) is 38.2 Å². The highest BCUT2D eigenvalue weighted by Crippen LogP contribution is 2.18. The maximum atomic E-state index is 5.86. The minimum atomic E-state index is 0.246. The third-order valence-corrected chi connectivity index (χ3v) is 2.82. The number of methoxy groups -OCH3 is 1. The molecule has 3 heteroatoms. The van der Waals surface area contributed by atoms with Gasteiger partial charge in [0.25, 0.3) is 0 Å². The number of nitrogens with one attached hydrogen (secondary N) is 1. The van der Waals surface area contributed by atoms with Gasteiger partial charge in [0.05, 0.1) is 12.6 Å². The van der Waals surface area contributed by atoms with Crippen molar-refractivity contribution < 1.29 is 9.47 Å². The minimum Gasteiger partial charge on any atom is -0.492 e. The van der Waals surface area contributed by atoms with Gasteiger partial charge < -0.3 is 14.8 Å². The van der Waals surface area contributed by atoms with Crippen molar-refractivity contribution in [1.29, 1.82) is 0 Å². The highest BCUT2D eigenvalue weighted by atomic mass is 16.5. The topological polar surface area (TPSA) is 30.5 Å². The van der Waals surface area contributed by atoms with E-state index in [1.54, 1.807) is 7.11 Å². The largest absolute Gasteiger partial charge is 0.492 e. The zero-order valence-corrected chi connectivity index (χ0v) is 12.0. The van der Waals surface area contributed by atoms with E-state index in [-0.39, 0.29) is 6.04 Å². The summed E-state index contributed by atoms with van der Waals surface area (Å²) in [6.07, 6.45) is 1.11. The Bertz CT molecular complexity index is 352. The number of benzene rings is 1. The van der Waals surface area contributed by atoms with Crippen LogP contribution in [0.5, 0.6) is 5.75 Å². The fourth-order valence-corrected chi connectivity index (χ4v) is 1.87. The molecule has 3 nitrogen and oxygen atoms in total. The van der Waals surface area contributed by atoms with E-state index in [4.69, 9.17) is 9.47 Å². The number of hydrogen-bond donors (Lipinski definition) is 1. The third kappa shape index (κ3) is 5.07. The first-order valence-electron chi connectivity index (χ1n) is 6.59. The number of ether oxygens (including phenoxy) is 2. The first-order chi connectivity index (χ1) is 8.67. The van der Waals surface area contributed by atoms with Crippen molar-refractivity contribution in [3.05, 3.63) is 29.3 Å². The molecule has 0 aliphatic rings. The molecule has 0 saturated heterocycles. The Hall–Kier alpha value is -1.06. The maximum absolute atomic E-state index is 5.86. The van der Waals surface area contributed by atoms with Gasteiger partial charge in [-0.05, 0) is 38.4 Å². The van der Waals surface area contributed by atoms with Crippen molar-refractivity contribution in [3.8, 4) is 5.75 Å². The van der Waals surface area contributed by atoms with Crippen LogP contribution in [0.3, 0.4) is 0 Å². The minimum absolute atomic E-state index is 0.246. The molecule has 1 aromatic rings. The number of aryl methyl sites for hydroxylation is 2. The molecule has 1 unspecified atom stereocenters. The van der Waals surface area contributed by atoms with Gasteiger partial charge in [-0.3, -0.25) is 0 Å². The molecule has 0 saturated carbocycles. The predicted octanol–water partition coefficient (Wildman–Crippen LogP) is 2.70. The van der Waals surface area contributed by atoms with Gasteiger partial charge >= 0.3 is 0 Å². The molecule has 0 bridgehead atoms. The molecule has 0 spiro atoms. The molecule has 0 aliphatic carbocycles. The molecule has 0 aromatic heterocycles. The summed E-state index contributed by atoms with van der Waals surface area (Å²) < 4.78 is 11.1. The smallest absolute Gasteiger partial charge is 0.122 e. The van der Waals surface area contributed by atoms with Crippen LogP contribution in [0.15, 0.2) is 18.2 Å². The lowest BCUT2D eigenvalue weighted by Gasteiger charge is -2.19. The molecule has 0 fully saturated rings. The molecule has 0 aliphatic heterocycles. The molecular weight excluding hydrogens is 226 g/mol. The number of hydrogen-bond acceptors (Lipinski definition) is 3. The van der Waals surface area contributed by atoms with Crippen molar-refractivity contribution in [3.63, 3.8) is 0 Å². The summed E-state index contributed by atoms with van der Waals surface area (Å²) in [7, 11) is 1.72. The lowest BCUT2D eigenvalue weighted by molar-refractivity contribution is 0.136. The Kier molecular flexibility index (Phi) is 6.76. The molecule has 102 valence electrons. The zero-order valence-electron chi connectivity index (χ0n) is 12.0. The molecule has 1 rings (SSSR count). The third-order valence-electron chi connectivity index (χ3n) is 2.82.